The fourth-order valence-corrected chi connectivity index (χ4v) is 3.78. The second-order valence-corrected chi connectivity index (χ2v) is 8.44. The Balaban J connectivity index is 2.19. The van der Waals surface area contributed by atoms with Crippen molar-refractivity contribution in [1.82, 2.24) is 14.5 Å². The molecule has 1 fully saturated rings. The summed E-state index contributed by atoms with van der Waals surface area (Å²) >= 11 is 0. The summed E-state index contributed by atoms with van der Waals surface area (Å²) in [4.78, 5) is 14.8. The number of carbonyl (C=O) groups excluding carboxylic acids is 1. The smallest absolute Gasteiger partial charge is 0.251 e. The van der Waals surface area contributed by atoms with Gasteiger partial charge >= 0.3 is 0 Å². The maximum atomic E-state index is 12.4. The van der Waals surface area contributed by atoms with Crippen molar-refractivity contribution in [2.24, 2.45) is 0 Å². The maximum absolute atomic E-state index is 12.4. The van der Waals surface area contributed by atoms with E-state index in [1.165, 1.54) is 20.2 Å². The number of carbonyl (C=O) groups is 1. The summed E-state index contributed by atoms with van der Waals surface area (Å²) in [7, 11) is 1.48. The Morgan fingerprint density at radius 2 is 1.87 bits per heavy atom. The molecule has 1 saturated heterocycles. The van der Waals surface area contributed by atoms with Gasteiger partial charge in [-0.05, 0) is 57.6 Å². The Morgan fingerprint density at radius 1 is 1.26 bits per heavy atom. The van der Waals surface area contributed by atoms with Gasteiger partial charge in [0.15, 0.2) is 0 Å². The largest absolute Gasteiger partial charge is 0.349 e. The van der Waals surface area contributed by atoms with Gasteiger partial charge in [0.05, 0.1) is 4.90 Å². The third-order valence-corrected chi connectivity index (χ3v) is 6.22. The third kappa shape index (κ3) is 4.10. The summed E-state index contributed by atoms with van der Waals surface area (Å²) in [5, 5.41) is 3.01. The van der Waals surface area contributed by atoms with Gasteiger partial charge in [-0.1, -0.05) is 6.07 Å². The van der Waals surface area contributed by atoms with Crippen LogP contribution in [0.3, 0.4) is 0 Å². The molecule has 1 heterocycles. The average Bonchev–Trinajstić information content (AvgIpc) is 2.49. The van der Waals surface area contributed by atoms with Gasteiger partial charge in [0.25, 0.3) is 5.91 Å². The number of rotatable bonds is 4. The number of nitrogens with one attached hydrogen (secondary N) is 1. The molecule has 1 aliphatic heterocycles. The number of sulfonamides is 1. The number of amides is 1. The molecule has 1 N–H and O–H groups in total. The number of hydrogen-bond acceptors (Lipinski definition) is 4. The molecule has 0 aliphatic carbocycles. The number of piperidine rings is 1. The van der Waals surface area contributed by atoms with Crippen LogP contribution >= 0.6 is 0 Å². The molecule has 0 atom stereocenters. The van der Waals surface area contributed by atoms with E-state index in [0.29, 0.717) is 11.1 Å². The van der Waals surface area contributed by atoms with Gasteiger partial charge in [-0.3, -0.25) is 4.79 Å². The van der Waals surface area contributed by atoms with Crippen molar-refractivity contribution in [3.8, 4) is 0 Å². The highest BCUT2D eigenvalue weighted by molar-refractivity contribution is 7.89. The standard InChI is InChI=1S/C16H25N3O3S/c1-12-5-6-13(11-15(12)23(21,22)18(2)3)16(20)17-14-7-9-19(4)10-8-14/h5-6,11,14H,7-10H2,1-4H3,(H,17,20). The second kappa shape index (κ2) is 6.98. The molecule has 1 aromatic rings. The Hall–Kier alpha value is -1.44. The summed E-state index contributed by atoms with van der Waals surface area (Å²) in [5.41, 5.74) is 1.02. The highest BCUT2D eigenvalue weighted by Crippen LogP contribution is 2.20. The van der Waals surface area contributed by atoms with Crippen molar-refractivity contribution in [3.05, 3.63) is 29.3 Å². The van der Waals surface area contributed by atoms with Crippen LogP contribution in [0.25, 0.3) is 0 Å². The summed E-state index contributed by atoms with van der Waals surface area (Å²) in [6, 6.07) is 4.97. The summed E-state index contributed by atoms with van der Waals surface area (Å²) in [6.45, 7) is 3.65. The molecule has 0 aromatic heterocycles. The van der Waals surface area contributed by atoms with E-state index in [9.17, 15) is 13.2 Å². The SMILES string of the molecule is Cc1ccc(C(=O)NC2CCN(C)CC2)cc1S(=O)(=O)N(C)C. The Morgan fingerprint density at radius 3 is 2.43 bits per heavy atom. The lowest BCUT2D eigenvalue weighted by Crippen LogP contribution is -2.43. The molecular formula is C16H25N3O3S. The van der Waals surface area contributed by atoms with Crippen LogP contribution < -0.4 is 5.32 Å². The molecule has 0 spiro atoms. The van der Waals surface area contributed by atoms with Crippen LogP contribution in [0.2, 0.25) is 0 Å². The van der Waals surface area contributed by atoms with E-state index in [1.807, 2.05) is 0 Å². The fourth-order valence-electron chi connectivity index (χ4n) is 2.64. The van der Waals surface area contributed by atoms with Gasteiger partial charge in [-0.25, -0.2) is 12.7 Å². The topological polar surface area (TPSA) is 69.7 Å². The summed E-state index contributed by atoms with van der Waals surface area (Å²) in [6.07, 6.45) is 1.83. The number of aryl methyl sites for hydroxylation is 1. The van der Waals surface area contributed by atoms with Gasteiger partial charge in [-0.2, -0.15) is 0 Å². The predicted octanol–water partition coefficient (Wildman–Crippen LogP) is 1.07. The predicted molar refractivity (Wildman–Crippen MR) is 90.0 cm³/mol. The van der Waals surface area contributed by atoms with Crippen molar-refractivity contribution in [1.29, 1.82) is 0 Å². The first-order chi connectivity index (χ1) is 10.7. The number of benzene rings is 1. The Kier molecular flexibility index (Phi) is 5.44. The zero-order chi connectivity index (χ0) is 17.2. The van der Waals surface area contributed by atoms with E-state index >= 15 is 0 Å². The van der Waals surface area contributed by atoms with Gasteiger partial charge in [-0.15, -0.1) is 0 Å². The molecule has 23 heavy (non-hydrogen) atoms. The van der Waals surface area contributed by atoms with E-state index in [-0.39, 0.29) is 16.8 Å². The highest BCUT2D eigenvalue weighted by Gasteiger charge is 2.23. The minimum atomic E-state index is -3.56. The normalized spacial score (nSPS) is 17.4. The summed E-state index contributed by atoms with van der Waals surface area (Å²) in [5.74, 6) is -0.213. The monoisotopic (exact) mass is 339 g/mol. The van der Waals surface area contributed by atoms with Gasteiger partial charge in [0, 0.05) is 25.7 Å². The maximum Gasteiger partial charge on any atom is 0.251 e. The van der Waals surface area contributed by atoms with E-state index in [4.69, 9.17) is 0 Å². The van der Waals surface area contributed by atoms with Gasteiger partial charge < -0.3 is 10.2 Å². The fraction of sp³-hybridized carbons (Fsp3) is 0.562. The molecule has 1 aromatic carbocycles. The summed E-state index contributed by atoms with van der Waals surface area (Å²) < 4.78 is 25.8. The lowest BCUT2D eigenvalue weighted by atomic mass is 10.0. The van der Waals surface area contributed by atoms with Crippen LogP contribution in [0, 0.1) is 6.92 Å². The molecule has 0 unspecified atom stereocenters. The molecule has 1 aliphatic rings. The Labute approximate surface area is 138 Å². The second-order valence-electron chi connectivity index (χ2n) is 6.32. The molecule has 7 heteroatoms. The van der Waals surface area contributed by atoms with E-state index in [0.717, 1.165) is 30.2 Å². The zero-order valence-electron chi connectivity index (χ0n) is 14.2. The van der Waals surface area contributed by atoms with Crippen LogP contribution in [0.15, 0.2) is 23.1 Å². The van der Waals surface area contributed by atoms with Gasteiger partial charge in [0.2, 0.25) is 10.0 Å². The van der Waals surface area contributed by atoms with Crippen molar-refractivity contribution < 1.29 is 13.2 Å². The molecular weight excluding hydrogens is 314 g/mol. The highest BCUT2D eigenvalue weighted by atomic mass is 32.2. The van der Waals surface area contributed by atoms with Crippen LogP contribution in [0.4, 0.5) is 0 Å². The molecule has 2 rings (SSSR count). The van der Waals surface area contributed by atoms with Crippen LogP contribution in [-0.2, 0) is 10.0 Å². The zero-order valence-corrected chi connectivity index (χ0v) is 15.0. The van der Waals surface area contributed by atoms with Crippen molar-refractivity contribution in [3.63, 3.8) is 0 Å². The number of likely N-dealkylation sites (tertiary alicyclic amines) is 1. The minimum absolute atomic E-state index is 0.147. The first-order valence-corrected chi connectivity index (χ1v) is 9.18. The van der Waals surface area contributed by atoms with E-state index < -0.39 is 10.0 Å². The van der Waals surface area contributed by atoms with Crippen molar-refractivity contribution >= 4 is 15.9 Å². The van der Waals surface area contributed by atoms with Crippen molar-refractivity contribution in [2.45, 2.75) is 30.7 Å². The average molecular weight is 339 g/mol. The van der Waals surface area contributed by atoms with Crippen LogP contribution in [0.5, 0.6) is 0 Å². The lowest BCUT2D eigenvalue weighted by molar-refractivity contribution is 0.0916. The Bertz CT molecular complexity index is 678. The molecule has 0 bridgehead atoms. The molecule has 6 nitrogen and oxygen atoms in total. The third-order valence-electron chi connectivity index (χ3n) is 4.26. The molecule has 128 valence electrons. The minimum Gasteiger partial charge on any atom is -0.349 e. The van der Waals surface area contributed by atoms with E-state index in [1.54, 1.807) is 19.1 Å². The molecule has 0 radical (unpaired) electrons. The first-order valence-electron chi connectivity index (χ1n) is 7.74. The quantitative estimate of drug-likeness (QED) is 0.891. The number of hydrogen-bond donors (Lipinski definition) is 1. The van der Waals surface area contributed by atoms with Crippen LogP contribution in [-0.4, -0.2) is 63.8 Å². The number of nitrogens with zero attached hydrogens (tertiary/aromatic N) is 2. The van der Waals surface area contributed by atoms with E-state index in [2.05, 4.69) is 17.3 Å². The van der Waals surface area contributed by atoms with Gasteiger partial charge in [0.1, 0.15) is 0 Å². The van der Waals surface area contributed by atoms with Crippen molar-refractivity contribution in [2.75, 3.05) is 34.2 Å². The lowest BCUT2D eigenvalue weighted by Gasteiger charge is -2.29. The molecule has 1 amide bonds. The first kappa shape index (κ1) is 17.9. The van der Waals surface area contributed by atoms with Crippen LogP contribution in [0.1, 0.15) is 28.8 Å². The molecule has 0 saturated carbocycles.